The molecule has 0 fully saturated rings. The normalized spacial score (nSPS) is 11.5. The summed E-state index contributed by atoms with van der Waals surface area (Å²) in [6, 6.07) is 18.3. The van der Waals surface area contributed by atoms with Gasteiger partial charge in [-0.3, -0.25) is 4.68 Å². The molecular weight excluding hydrogens is 640 g/mol. The standard InChI is InChI=1S/C35H40BrClN4O3/c1-5-43-35(42)34-26(15-11-21-44-30-16-10-13-24-12-6-7-14-25(24)30)27-17-18-28(37)32(31-23(2)40(4)39-29(31)22-36)33(27)41(34)20-9-8-19-38-3/h6-7,10,12-14,16-18,38H,5,8-9,11,15,19-22H2,1-4H3. The Balaban J connectivity index is 1.60. The van der Waals surface area contributed by atoms with Crippen molar-refractivity contribution in [1.29, 1.82) is 0 Å². The van der Waals surface area contributed by atoms with E-state index in [1.165, 1.54) is 0 Å². The van der Waals surface area contributed by atoms with Crippen LogP contribution in [0.5, 0.6) is 5.75 Å². The van der Waals surface area contributed by atoms with Gasteiger partial charge in [0.25, 0.3) is 0 Å². The number of aryl methyl sites for hydroxylation is 3. The zero-order valence-electron chi connectivity index (χ0n) is 25.9. The first kappa shape index (κ1) is 32.1. The lowest BCUT2D eigenvalue weighted by atomic mass is 9.98. The minimum absolute atomic E-state index is 0.298. The van der Waals surface area contributed by atoms with Crippen molar-refractivity contribution in [2.24, 2.45) is 7.05 Å². The fraction of sp³-hybridized carbons (Fsp3) is 0.371. The van der Waals surface area contributed by atoms with Gasteiger partial charge in [0.2, 0.25) is 0 Å². The second-order valence-corrected chi connectivity index (χ2v) is 11.9. The highest BCUT2D eigenvalue weighted by Gasteiger charge is 2.29. The first-order chi connectivity index (χ1) is 21.4. The molecule has 2 heterocycles. The molecule has 0 atom stereocenters. The highest BCUT2D eigenvalue weighted by atomic mass is 79.9. The predicted molar refractivity (Wildman–Crippen MR) is 183 cm³/mol. The molecule has 0 aliphatic rings. The smallest absolute Gasteiger partial charge is 0.355 e. The van der Waals surface area contributed by atoms with E-state index >= 15 is 0 Å². The zero-order valence-corrected chi connectivity index (χ0v) is 28.2. The molecule has 3 aromatic carbocycles. The Morgan fingerprint density at radius 3 is 2.59 bits per heavy atom. The Morgan fingerprint density at radius 1 is 1.02 bits per heavy atom. The molecule has 5 aromatic rings. The van der Waals surface area contributed by atoms with Gasteiger partial charge < -0.3 is 19.4 Å². The van der Waals surface area contributed by atoms with E-state index in [9.17, 15) is 4.79 Å². The minimum Gasteiger partial charge on any atom is -0.493 e. The van der Waals surface area contributed by atoms with Gasteiger partial charge in [0.15, 0.2) is 0 Å². The van der Waals surface area contributed by atoms with Crippen molar-refractivity contribution in [3.05, 3.63) is 82.3 Å². The highest BCUT2D eigenvalue weighted by molar-refractivity contribution is 9.08. The van der Waals surface area contributed by atoms with Crippen LogP contribution in [0.4, 0.5) is 0 Å². The van der Waals surface area contributed by atoms with Crippen molar-refractivity contribution in [3.8, 4) is 16.9 Å². The molecule has 0 spiro atoms. The van der Waals surface area contributed by atoms with Crippen LogP contribution in [0.2, 0.25) is 5.02 Å². The maximum atomic E-state index is 13.7. The number of benzene rings is 3. The van der Waals surface area contributed by atoms with E-state index in [1.807, 2.05) is 62.1 Å². The minimum atomic E-state index is -0.312. The lowest BCUT2D eigenvalue weighted by Gasteiger charge is -2.15. The molecular formula is C35H40BrClN4O3. The molecule has 9 heteroatoms. The van der Waals surface area contributed by atoms with Gasteiger partial charge in [0.05, 0.1) is 29.4 Å². The van der Waals surface area contributed by atoms with Crippen LogP contribution in [-0.2, 0) is 30.1 Å². The number of unbranched alkanes of at least 4 members (excludes halogenated alkanes) is 1. The summed E-state index contributed by atoms with van der Waals surface area (Å²) in [7, 11) is 3.90. The summed E-state index contributed by atoms with van der Waals surface area (Å²) in [5.74, 6) is 0.553. The number of carbonyl (C=O) groups excluding carboxylic acids is 1. The summed E-state index contributed by atoms with van der Waals surface area (Å²) in [6.45, 7) is 6.28. The summed E-state index contributed by atoms with van der Waals surface area (Å²) in [5, 5.41) is 12.5. The van der Waals surface area contributed by atoms with Crippen molar-refractivity contribution < 1.29 is 14.3 Å². The van der Waals surface area contributed by atoms with Crippen LogP contribution in [0.25, 0.3) is 32.8 Å². The first-order valence-corrected chi connectivity index (χ1v) is 16.8. The third-order valence-corrected chi connectivity index (χ3v) is 9.01. The zero-order chi connectivity index (χ0) is 31.2. The summed E-state index contributed by atoms with van der Waals surface area (Å²) in [6.07, 6.45) is 3.24. The van der Waals surface area contributed by atoms with Crippen molar-refractivity contribution >= 4 is 55.2 Å². The quantitative estimate of drug-likeness (QED) is 0.0728. The molecule has 44 heavy (non-hydrogen) atoms. The van der Waals surface area contributed by atoms with Crippen molar-refractivity contribution in [2.45, 2.75) is 51.4 Å². The van der Waals surface area contributed by atoms with E-state index < -0.39 is 0 Å². The Labute approximate surface area is 272 Å². The molecule has 0 aliphatic carbocycles. The molecule has 0 amide bonds. The molecule has 2 aromatic heterocycles. The molecule has 0 bridgehead atoms. The van der Waals surface area contributed by atoms with Crippen molar-refractivity contribution in [2.75, 3.05) is 26.8 Å². The SMILES string of the molecule is CCOC(=O)c1c(CCCOc2cccc3ccccc23)c2ccc(Cl)c(-c3c(CBr)nn(C)c3C)c2n1CCCCNC. The number of hydrogen-bond acceptors (Lipinski definition) is 5. The third-order valence-electron chi connectivity index (χ3n) is 8.17. The average molecular weight is 680 g/mol. The number of rotatable bonds is 14. The van der Waals surface area contributed by atoms with Gasteiger partial charge in [-0.2, -0.15) is 5.10 Å². The largest absolute Gasteiger partial charge is 0.493 e. The Kier molecular flexibility index (Phi) is 10.7. The Bertz CT molecular complexity index is 1770. The van der Waals surface area contributed by atoms with E-state index in [4.69, 9.17) is 26.2 Å². The van der Waals surface area contributed by atoms with Gasteiger partial charge in [0, 0.05) is 46.5 Å². The van der Waals surface area contributed by atoms with E-state index in [-0.39, 0.29) is 5.97 Å². The highest BCUT2D eigenvalue weighted by Crippen LogP contribution is 2.43. The van der Waals surface area contributed by atoms with Crippen LogP contribution in [-0.4, -0.2) is 47.1 Å². The lowest BCUT2D eigenvalue weighted by molar-refractivity contribution is 0.0512. The molecule has 0 aliphatic heterocycles. The first-order valence-electron chi connectivity index (χ1n) is 15.3. The van der Waals surface area contributed by atoms with E-state index in [2.05, 4.69) is 50.9 Å². The van der Waals surface area contributed by atoms with Gasteiger partial charge in [-0.15, -0.1) is 0 Å². The number of carbonyl (C=O) groups is 1. The molecule has 0 radical (unpaired) electrons. The number of nitrogens with zero attached hydrogens (tertiary/aromatic N) is 3. The summed E-state index contributed by atoms with van der Waals surface area (Å²) in [4.78, 5) is 13.7. The van der Waals surface area contributed by atoms with Gasteiger partial charge in [-0.1, -0.05) is 70.0 Å². The average Bonchev–Trinajstić information content (AvgIpc) is 3.50. The monoisotopic (exact) mass is 678 g/mol. The van der Waals surface area contributed by atoms with Crippen LogP contribution >= 0.6 is 27.5 Å². The van der Waals surface area contributed by atoms with E-state index in [0.717, 1.165) is 81.3 Å². The molecule has 7 nitrogen and oxygen atoms in total. The number of hydrogen-bond donors (Lipinski definition) is 1. The number of aromatic nitrogens is 3. The number of ether oxygens (including phenoxy) is 2. The summed E-state index contributed by atoms with van der Waals surface area (Å²) < 4.78 is 16.0. The fourth-order valence-electron chi connectivity index (χ4n) is 6.06. The Hall–Kier alpha value is -3.33. The van der Waals surface area contributed by atoms with Crippen LogP contribution in [0.1, 0.15) is 53.6 Å². The van der Waals surface area contributed by atoms with Crippen LogP contribution < -0.4 is 10.1 Å². The predicted octanol–water partition coefficient (Wildman–Crippen LogP) is 8.24. The number of esters is 1. The van der Waals surface area contributed by atoms with Crippen LogP contribution in [0, 0.1) is 6.92 Å². The van der Waals surface area contributed by atoms with Crippen LogP contribution in [0.15, 0.2) is 54.6 Å². The molecule has 0 unspecified atom stereocenters. The van der Waals surface area contributed by atoms with Gasteiger partial charge >= 0.3 is 5.97 Å². The third kappa shape index (κ3) is 6.39. The lowest BCUT2D eigenvalue weighted by Crippen LogP contribution is -2.16. The van der Waals surface area contributed by atoms with Crippen LogP contribution in [0.3, 0.4) is 0 Å². The number of halogens is 2. The second-order valence-electron chi connectivity index (χ2n) is 10.9. The summed E-state index contributed by atoms with van der Waals surface area (Å²) >= 11 is 10.7. The van der Waals surface area contributed by atoms with Crippen molar-refractivity contribution in [3.63, 3.8) is 0 Å². The molecule has 1 N–H and O–H groups in total. The maximum absolute atomic E-state index is 13.7. The van der Waals surface area contributed by atoms with Gasteiger partial charge in [-0.25, -0.2) is 4.79 Å². The maximum Gasteiger partial charge on any atom is 0.355 e. The summed E-state index contributed by atoms with van der Waals surface area (Å²) in [5.41, 5.74) is 6.34. The number of alkyl halides is 1. The fourth-order valence-corrected chi connectivity index (χ4v) is 6.70. The van der Waals surface area contributed by atoms with Gasteiger partial charge in [0.1, 0.15) is 11.4 Å². The number of nitrogens with one attached hydrogen (secondary N) is 1. The molecule has 0 saturated heterocycles. The van der Waals surface area contributed by atoms with E-state index in [0.29, 0.717) is 42.2 Å². The Morgan fingerprint density at radius 2 is 1.82 bits per heavy atom. The van der Waals surface area contributed by atoms with Gasteiger partial charge in [-0.05, 0) is 76.2 Å². The topological polar surface area (TPSA) is 70.3 Å². The molecule has 5 rings (SSSR count). The van der Waals surface area contributed by atoms with Crippen molar-refractivity contribution in [1.82, 2.24) is 19.7 Å². The molecule has 232 valence electrons. The second kappa shape index (κ2) is 14.6. The number of fused-ring (bicyclic) bond motifs is 2. The van der Waals surface area contributed by atoms with E-state index in [1.54, 1.807) is 0 Å². The molecule has 0 saturated carbocycles.